The summed E-state index contributed by atoms with van der Waals surface area (Å²) in [5.41, 5.74) is 8.78. The Morgan fingerprint density at radius 2 is 1.88 bits per heavy atom. The van der Waals surface area contributed by atoms with Crippen molar-refractivity contribution in [3.63, 3.8) is 0 Å². The van der Waals surface area contributed by atoms with Crippen molar-refractivity contribution in [1.29, 1.82) is 0 Å². The smallest absolute Gasteiger partial charge is 0.119 e. The Balaban J connectivity index is 2.95. The van der Waals surface area contributed by atoms with Gasteiger partial charge in [0.25, 0.3) is 0 Å². The molecule has 1 aromatic rings. The van der Waals surface area contributed by atoms with E-state index in [2.05, 4.69) is 32.9 Å². The summed E-state index contributed by atoms with van der Waals surface area (Å²) in [4.78, 5) is 0. The summed E-state index contributed by atoms with van der Waals surface area (Å²) in [6, 6.07) is 6.28. The molecule has 0 saturated carbocycles. The number of nitrogens with two attached hydrogens (primary N) is 1. The van der Waals surface area contributed by atoms with E-state index in [0.717, 1.165) is 18.6 Å². The van der Waals surface area contributed by atoms with Gasteiger partial charge >= 0.3 is 0 Å². The van der Waals surface area contributed by atoms with Crippen molar-refractivity contribution in [1.82, 2.24) is 0 Å². The first-order valence-electron chi connectivity index (χ1n) is 6.04. The predicted octanol–water partition coefficient (Wildman–Crippen LogP) is 3.44. The number of hydrogen-bond donors (Lipinski definition) is 1. The summed E-state index contributed by atoms with van der Waals surface area (Å²) in [5, 5.41) is 0. The first-order valence-corrected chi connectivity index (χ1v) is 6.04. The first kappa shape index (κ1) is 13.0. The molecule has 0 bridgehead atoms. The minimum atomic E-state index is 0.140. The molecule has 2 N–H and O–H groups in total. The van der Waals surface area contributed by atoms with Gasteiger partial charge in [0.15, 0.2) is 0 Å². The SMILES string of the molecule is CCC(CC)C(N)c1ccc(OC)cc1C. The van der Waals surface area contributed by atoms with E-state index in [1.165, 1.54) is 11.1 Å². The second-order valence-electron chi connectivity index (χ2n) is 4.32. The Hall–Kier alpha value is -1.02. The average molecular weight is 221 g/mol. The van der Waals surface area contributed by atoms with Crippen LogP contribution in [-0.2, 0) is 0 Å². The van der Waals surface area contributed by atoms with Crippen molar-refractivity contribution in [3.05, 3.63) is 29.3 Å². The summed E-state index contributed by atoms with van der Waals surface area (Å²) in [7, 11) is 1.69. The second kappa shape index (κ2) is 5.90. The van der Waals surface area contributed by atoms with Crippen LogP contribution in [0.1, 0.15) is 43.9 Å². The van der Waals surface area contributed by atoms with Crippen molar-refractivity contribution in [3.8, 4) is 5.75 Å². The molecule has 2 nitrogen and oxygen atoms in total. The first-order chi connectivity index (χ1) is 7.63. The van der Waals surface area contributed by atoms with Gasteiger partial charge in [0.2, 0.25) is 0 Å². The molecule has 0 amide bonds. The molecule has 0 fully saturated rings. The van der Waals surface area contributed by atoms with Gasteiger partial charge in [-0.3, -0.25) is 0 Å². The number of benzene rings is 1. The summed E-state index contributed by atoms with van der Waals surface area (Å²) >= 11 is 0. The summed E-state index contributed by atoms with van der Waals surface area (Å²) in [6.45, 7) is 6.50. The lowest BCUT2D eigenvalue weighted by atomic mass is 9.87. The van der Waals surface area contributed by atoms with Crippen LogP contribution in [0.3, 0.4) is 0 Å². The molecule has 90 valence electrons. The molecule has 0 saturated heterocycles. The molecule has 0 aliphatic heterocycles. The highest BCUT2D eigenvalue weighted by Crippen LogP contribution is 2.29. The molecule has 0 aromatic heterocycles. The van der Waals surface area contributed by atoms with Gasteiger partial charge in [-0.15, -0.1) is 0 Å². The van der Waals surface area contributed by atoms with Crippen molar-refractivity contribution < 1.29 is 4.74 Å². The number of ether oxygens (including phenoxy) is 1. The van der Waals surface area contributed by atoms with E-state index in [1.807, 2.05) is 6.07 Å². The average Bonchev–Trinajstić information content (AvgIpc) is 2.30. The lowest BCUT2D eigenvalue weighted by Gasteiger charge is -2.23. The largest absolute Gasteiger partial charge is 0.497 e. The lowest BCUT2D eigenvalue weighted by molar-refractivity contribution is 0.400. The Bertz CT molecular complexity index is 332. The zero-order valence-electron chi connectivity index (χ0n) is 10.8. The number of hydrogen-bond acceptors (Lipinski definition) is 2. The molecule has 1 rings (SSSR count). The maximum Gasteiger partial charge on any atom is 0.119 e. The minimum absolute atomic E-state index is 0.140. The van der Waals surface area contributed by atoms with E-state index < -0.39 is 0 Å². The molecule has 1 aromatic carbocycles. The fourth-order valence-electron chi connectivity index (χ4n) is 2.20. The normalized spacial score (nSPS) is 12.9. The van der Waals surface area contributed by atoms with Crippen molar-refractivity contribution in [2.45, 2.75) is 39.7 Å². The quantitative estimate of drug-likeness (QED) is 0.826. The Kier molecular flexibility index (Phi) is 4.81. The van der Waals surface area contributed by atoms with E-state index in [-0.39, 0.29) is 6.04 Å². The molecule has 2 heteroatoms. The van der Waals surface area contributed by atoms with Crippen LogP contribution in [0.2, 0.25) is 0 Å². The third-order valence-corrected chi connectivity index (χ3v) is 3.39. The lowest BCUT2D eigenvalue weighted by Crippen LogP contribution is -2.21. The molecule has 0 spiro atoms. The van der Waals surface area contributed by atoms with Crippen LogP contribution < -0.4 is 10.5 Å². The maximum absolute atomic E-state index is 6.31. The van der Waals surface area contributed by atoms with Gasteiger partial charge in [-0.2, -0.15) is 0 Å². The van der Waals surface area contributed by atoms with Crippen LogP contribution in [-0.4, -0.2) is 7.11 Å². The zero-order valence-corrected chi connectivity index (χ0v) is 10.8. The molecule has 1 unspecified atom stereocenters. The standard InChI is InChI=1S/C14H23NO/c1-5-11(6-2)14(15)13-8-7-12(16-4)9-10(13)3/h7-9,11,14H,5-6,15H2,1-4H3. The molecule has 0 aliphatic rings. The predicted molar refractivity (Wildman–Crippen MR) is 68.7 cm³/mol. The van der Waals surface area contributed by atoms with Gasteiger partial charge in [-0.05, 0) is 36.1 Å². The van der Waals surface area contributed by atoms with Gasteiger partial charge in [0, 0.05) is 6.04 Å². The second-order valence-corrected chi connectivity index (χ2v) is 4.32. The molecule has 0 heterocycles. The van der Waals surface area contributed by atoms with Crippen LogP contribution in [0.15, 0.2) is 18.2 Å². The monoisotopic (exact) mass is 221 g/mol. The highest BCUT2D eigenvalue weighted by atomic mass is 16.5. The van der Waals surface area contributed by atoms with Crippen LogP contribution in [0.4, 0.5) is 0 Å². The van der Waals surface area contributed by atoms with E-state index in [4.69, 9.17) is 10.5 Å². The van der Waals surface area contributed by atoms with E-state index in [0.29, 0.717) is 5.92 Å². The number of methoxy groups -OCH3 is 1. The Labute approximate surface area is 98.8 Å². The third kappa shape index (κ3) is 2.76. The van der Waals surface area contributed by atoms with E-state index in [1.54, 1.807) is 7.11 Å². The molecule has 0 radical (unpaired) electrons. The van der Waals surface area contributed by atoms with Crippen molar-refractivity contribution in [2.24, 2.45) is 11.7 Å². The molecular formula is C14H23NO. The van der Waals surface area contributed by atoms with Crippen molar-refractivity contribution >= 4 is 0 Å². The number of rotatable bonds is 5. The van der Waals surface area contributed by atoms with Crippen LogP contribution in [0.5, 0.6) is 5.75 Å². The van der Waals surface area contributed by atoms with Crippen molar-refractivity contribution in [2.75, 3.05) is 7.11 Å². The molecular weight excluding hydrogens is 198 g/mol. The molecule has 16 heavy (non-hydrogen) atoms. The van der Waals surface area contributed by atoms with Crippen LogP contribution >= 0.6 is 0 Å². The third-order valence-electron chi connectivity index (χ3n) is 3.39. The highest BCUT2D eigenvalue weighted by Gasteiger charge is 2.17. The van der Waals surface area contributed by atoms with Gasteiger partial charge in [0.05, 0.1) is 7.11 Å². The Morgan fingerprint density at radius 3 is 2.31 bits per heavy atom. The fourth-order valence-corrected chi connectivity index (χ4v) is 2.20. The summed E-state index contributed by atoms with van der Waals surface area (Å²) in [6.07, 6.45) is 2.26. The van der Waals surface area contributed by atoms with Gasteiger partial charge in [-0.1, -0.05) is 32.8 Å². The van der Waals surface area contributed by atoms with E-state index >= 15 is 0 Å². The number of aryl methyl sites for hydroxylation is 1. The minimum Gasteiger partial charge on any atom is -0.497 e. The molecule has 1 atom stereocenters. The van der Waals surface area contributed by atoms with E-state index in [9.17, 15) is 0 Å². The molecule has 0 aliphatic carbocycles. The Morgan fingerprint density at radius 1 is 1.25 bits per heavy atom. The van der Waals surface area contributed by atoms with Gasteiger partial charge in [0.1, 0.15) is 5.75 Å². The van der Waals surface area contributed by atoms with Gasteiger partial charge in [-0.25, -0.2) is 0 Å². The van der Waals surface area contributed by atoms with Crippen LogP contribution in [0, 0.1) is 12.8 Å². The van der Waals surface area contributed by atoms with Gasteiger partial charge < -0.3 is 10.5 Å². The topological polar surface area (TPSA) is 35.2 Å². The summed E-state index contributed by atoms with van der Waals surface area (Å²) < 4.78 is 5.20. The highest BCUT2D eigenvalue weighted by molar-refractivity contribution is 5.36. The zero-order chi connectivity index (χ0) is 12.1. The maximum atomic E-state index is 6.31. The fraction of sp³-hybridized carbons (Fsp3) is 0.571. The summed E-state index contributed by atoms with van der Waals surface area (Å²) in [5.74, 6) is 1.46. The van der Waals surface area contributed by atoms with Crippen LogP contribution in [0.25, 0.3) is 0 Å².